The zero-order chi connectivity index (χ0) is 16.3. The lowest BCUT2D eigenvalue weighted by molar-refractivity contribution is 0.0280. The first-order valence-corrected chi connectivity index (χ1v) is 8.75. The fourth-order valence-corrected chi connectivity index (χ4v) is 4.38. The molecule has 0 unspecified atom stereocenters. The number of piperidine rings is 1. The predicted molar refractivity (Wildman–Crippen MR) is 92.9 cm³/mol. The van der Waals surface area contributed by atoms with E-state index in [1.54, 1.807) is 7.11 Å². The summed E-state index contributed by atoms with van der Waals surface area (Å²) in [4.78, 5) is 5.18. The van der Waals surface area contributed by atoms with Gasteiger partial charge in [0.05, 0.1) is 13.7 Å². The minimum absolute atomic E-state index is 0.403. The topological polar surface area (TPSA) is 24.9 Å². The summed E-state index contributed by atoms with van der Waals surface area (Å²) in [5, 5.41) is 0. The molecule has 0 saturated carbocycles. The molecular formula is C19H30N2O2. The fourth-order valence-electron chi connectivity index (χ4n) is 4.38. The largest absolute Gasteiger partial charge is 0.496 e. The number of ether oxygens (including phenoxy) is 2. The third kappa shape index (κ3) is 3.39. The predicted octanol–water partition coefficient (Wildman–Crippen LogP) is 2.77. The molecule has 1 aromatic carbocycles. The van der Waals surface area contributed by atoms with Gasteiger partial charge in [0, 0.05) is 43.9 Å². The summed E-state index contributed by atoms with van der Waals surface area (Å²) in [7, 11) is 5.87. The number of hydrogen-bond acceptors (Lipinski definition) is 4. The number of nitrogens with zero attached hydrogens (tertiary/aromatic N) is 2. The molecule has 0 radical (unpaired) electrons. The molecule has 2 aliphatic heterocycles. The summed E-state index contributed by atoms with van der Waals surface area (Å²) in [6.45, 7) is 4.19. The van der Waals surface area contributed by atoms with Gasteiger partial charge in [0.25, 0.3) is 0 Å². The van der Waals surface area contributed by atoms with E-state index < -0.39 is 0 Å². The molecule has 4 nitrogen and oxygen atoms in total. The molecule has 0 N–H and O–H groups in total. The van der Waals surface area contributed by atoms with E-state index in [0.29, 0.717) is 11.6 Å². The normalized spacial score (nSPS) is 25.1. The van der Waals surface area contributed by atoms with Gasteiger partial charge in [-0.2, -0.15) is 0 Å². The van der Waals surface area contributed by atoms with Crippen molar-refractivity contribution in [2.24, 2.45) is 0 Å². The highest BCUT2D eigenvalue weighted by Gasteiger charge is 2.45. The number of likely N-dealkylation sites (N-methyl/N-ethyl adjacent to an activating group) is 1. The molecular weight excluding hydrogens is 288 g/mol. The Labute approximate surface area is 140 Å². The maximum atomic E-state index is 5.49. The van der Waals surface area contributed by atoms with E-state index >= 15 is 0 Å². The average molecular weight is 318 g/mol. The van der Waals surface area contributed by atoms with E-state index in [4.69, 9.17) is 9.47 Å². The second-order valence-corrected chi connectivity index (χ2v) is 7.07. The van der Waals surface area contributed by atoms with Gasteiger partial charge in [-0.1, -0.05) is 18.2 Å². The molecule has 1 spiro atoms. The van der Waals surface area contributed by atoms with Gasteiger partial charge < -0.3 is 9.47 Å². The van der Waals surface area contributed by atoms with Crippen LogP contribution in [0.25, 0.3) is 0 Å². The number of rotatable bonds is 5. The molecule has 2 saturated heterocycles. The Hall–Kier alpha value is -1.10. The summed E-state index contributed by atoms with van der Waals surface area (Å²) in [5.74, 6) is 1.01. The average Bonchev–Trinajstić information content (AvgIpc) is 2.88. The van der Waals surface area contributed by atoms with Crippen LogP contribution in [0, 0.1) is 0 Å². The molecule has 0 amide bonds. The van der Waals surface area contributed by atoms with Crippen molar-refractivity contribution in [3.8, 4) is 5.75 Å². The molecule has 2 aliphatic rings. The van der Waals surface area contributed by atoms with E-state index in [0.717, 1.165) is 18.9 Å². The van der Waals surface area contributed by atoms with Crippen LogP contribution in [-0.4, -0.2) is 62.3 Å². The van der Waals surface area contributed by atoms with E-state index in [9.17, 15) is 0 Å². The third-order valence-corrected chi connectivity index (χ3v) is 5.97. The van der Waals surface area contributed by atoms with Crippen molar-refractivity contribution >= 4 is 0 Å². The highest BCUT2D eigenvalue weighted by molar-refractivity contribution is 5.33. The summed E-state index contributed by atoms with van der Waals surface area (Å²) in [6, 6.07) is 8.97. The van der Waals surface area contributed by atoms with Gasteiger partial charge in [-0.05, 0) is 38.8 Å². The monoisotopic (exact) mass is 318 g/mol. The van der Waals surface area contributed by atoms with Crippen LogP contribution in [0.4, 0.5) is 0 Å². The molecule has 0 aromatic heterocycles. The van der Waals surface area contributed by atoms with Crippen LogP contribution in [0.15, 0.2) is 24.3 Å². The highest BCUT2D eigenvalue weighted by atomic mass is 16.5. The van der Waals surface area contributed by atoms with E-state index in [1.165, 1.54) is 44.3 Å². The van der Waals surface area contributed by atoms with Gasteiger partial charge in [-0.15, -0.1) is 0 Å². The molecule has 4 heteroatoms. The van der Waals surface area contributed by atoms with Crippen molar-refractivity contribution in [2.75, 3.05) is 41.0 Å². The van der Waals surface area contributed by atoms with Crippen molar-refractivity contribution < 1.29 is 9.47 Å². The Balaban J connectivity index is 1.58. The maximum Gasteiger partial charge on any atom is 0.123 e. The Morgan fingerprint density at radius 3 is 2.57 bits per heavy atom. The smallest absolute Gasteiger partial charge is 0.123 e. The van der Waals surface area contributed by atoms with Crippen molar-refractivity contribution in [1.29, 1.82) is 0 Å². The summed E-state index contributed by atoms with van der Waals surface area (Å²) in [6.07, 6.45) is 5.12. The van der Waals surface area contributed by atoms with Crippen molar-refractivity contribution in [3.63, 3.8) is 0 Å². The van der Waals surface area contributed by atoms with Gasteiger partial charge in [0.1, 0.15) is 5.75 Å². The minimum atomic E-state index is 0.403. The van der Waals surface area contributed by atoms with Gasteiger partial charge in [-0.25, -0.2) is 0 Å². The molecule has 23 heavy (non-hydrogen) atoms. The fraction of sp³-hybridized carbons (Fsp3) is 0.684. The lowest BCUT2D eigenvalue weighted by atomic mass is 9.85. The van der Waals surface area contributed by atoms with Crippen LogP contribution in [0.5, 0.6) is 5.75 Å². The second kappa shape index (κ2) is 7.20. The molecule has 2 heterocycles. The maximum absolute atomic E-state index is 5.49. The molecule has 2 fully saturated rings. The first-order chi connectivity index (χ1) is 11.2. The van der Waals surface area contributed by atoms with Crippen molar-refractivity contribution in [3.05, 3.63) is 29.8 Å². The first kappa shape index (κ1) is 16.7. The molecule has 3 rings (SSSR count). The van der Waals surface area contributed by atoms with Crippen LogP contribution in [0.2, 0.25) is 0 Å². The summed E-state index contributed by atoms with van der Waals surface area (Å²) < 4.78 is 10.9. The van der Waals surface area contributed by atoms with Crippen LogP contribution in [-0.2, 0) is 11.3 Å². The number of benzene rings is 1. The molecule has 0 aliphatic carbocycles. The van der Waals surface area contributed by atoms with Crippen LogP contribution in [0.1, 0.15) is 31.2 Å². The number of methoxy groups -OCH3 is 2. The number of para-hydroxylation sites is 1. The second-order valence-electron chi connectivity index (χ2n) is 7.07. The van der Waals surface area contributed by atoms with Crippen LogP contribution in [0.3, 0.4) is 0 Å². The minimum Gasteiger partial charge on any atom is -0.496 e. The SMILES string of the molecule is COC[C@H]1CCC2(CCN(Cc3ccccc3OC)CC2)N1C. The molecule has 1 aromatic rings. The van der Waals surface area contributed by atoms with Gasteiger partial charge in [-0.3, -0.25) is 9.80 Å². The van der Waals surface area contributed by atoms with Crippen molar-refractivity contribution in [1.82, 2.24) is 9.80 Å². The summed E-state index contributed by atoms with van der Waals surface area (Å²) in [5.41, 5.74) is 1.70. The Morgan fingerprint density at radius 1 is 1.13 bits per heavy atom. The molecule has 1 atom stereocenters. The van der Waals surface area contributed by atoms with Gasteiger partial charge in [0.2, 0.25) is 0 Å². The lowest BCUT2D eigenvalue weighted by Crippen LogP contribution is -2.52. The highest BCUT2D eigenvalue weighted by Crippen LogP contribution is 2.40. The van der Waals surface area contributed by atoms with Gasteiger partial charge >= 0.3 is 0 Å². The van der Waals surface area contributed by atoms with Crippen molar-refractivity contribution in [2.45, 2.75) is 43.8 Å². The third-order valence-electron chi connectivity index (χ3n) is 5.97. The molecule has 0 bridgehead atoms. The van der Waals surface area contributed by atoms with Gasteiger partial charge in [0.15, 0.2) is 0 Å². The number of hydrogen-bond donors (Lipinski definition) is 0. The molecule has 128 valence electrons. The lowest BCUT2D eigenvalue weighted by Gasteiger charge is -2.45. The quantitative estimate of drug-likeness (QED) is 0.833. The Morgan fingerprint density at radius 2 is 1.87 bits per heavy atom. The van der Waals surface area contributed by atoms with E-state index in [1.807, 2.05) is 13.2 Å². The Kier molecular flexibility index (Phi) is 5.24. The van der Waals surface area contributed by atoms with Crippen LogP contribution < -0.4 is 4.74 Å². The summed E-state index contributed by atoms with van der Waals surface area (Å²) >= 11 is 0. The van der Waals surface area contributed by atoms with E-state index in [-0.39, 0.29) is 0 Å². The van der Waals surface area contributed by atoms with Crippen LogP contribution >= 0.6 is 0 Å². The standard InChI is InChI=1S/C19H30N2O2/c1-20-17(15-22-2)8-9-19(20)10-12-21(13-11-19)14-16-6-4-5-7-18(16)23-3/h4-7,17H,8-15H2,1-3H3/t17-/m1/s1. The zero-order valence-corrected chi connectivity index (χ0v) is 14.8. The Bertz CT molecular complexity index is 512. The first-order valence-electron chi connectivity index (χ1n) is 8.75. The zero-order valence-electron chi connectivity index (χ0n) is 14.8. The number of likely N-dealkylation sites (tertiary alicyclic amines) is 2. The van der Waals surface area contributed by atoms with E-state index in [2.05, 4.69) is 35.0 Å².